The molecule has 0 radical (unpaired) electrons. The molecule has 2 unspecified atom stereocenters. The first kappa shape index (κ1) is 25.9. The summed E-state index contributed by atoms with van der Waals surface area (Å²) >= 11 is 0. The van der Waals surface area contributed by atoms with Gasteiger partial charge in [0.25, 0.3) is 16.0 Å². The standard InChI is InChI=1S/C24H23F3N2O6S/c25-24(26,27)18-13-21(30)29-19-10-9-16(12-17(18)19)36(32,33)35-23(22(28)31)11-5-4-8-20(23)34-14-15-6-2-1-3-7-15/h1-3,6-7,9-10,12-13,20H,4-5,8,11,14H2,(H2,28,31)(H,29,30). The van der Waals surface area contributed by atoms with Crippen LogP contribution in [0.4, 0.5) is 13.2 Å². The van der Waals surface area contributed by atoms with E-state index in [0.717, 1.165) is 23.8 Å². The van der Waals surface area contributed by atoms with Crippen LogP contribution in [0.25, 0.3) is 10.9 Å². The first-order valence-electron chi connectivity index (χ1n) is 11.1. The fraction of sp³-hybridized carbons (Fsp3) is 0.333. The molecule has 192 valence electrons. The van der Waals surface area contributed by atoms with Crippen molar-refractivity contribution in [3.63, 3.8) is 0 Å². The highest BCUT2D eigenvalue weighted by molar-refractivity contribution is 7.86. The molecule has 1 saturated carbocycles. The Kier molecular flexibility index (Phi) is 6.95. The summed E-state index contributed by atoms with van der Waals surface area (Å²) in [6.07, 6.45) is -4.60. The van der Waals surface area contributed by atoms with E-state index in [4.69, 9.17) is 14.7 Å². The van der Waals surface area contributed by atoms with Crippen molar-refractivity contribution in [3.05, 3.63) is 76.1 Å². The average Bonchev–Trinajstić information content (AvgIpc) is 2.82. The van der Waals surface area contributed by atoms with E-state index in [9.17, 15) is 31.2 Å². The molecule has 1 aromatic heterocycles. The summed E-state index contributed by atoms with van der Waals surface area (Å²) in [4.78, 5) is 25.9. The van der Waals surface area contributed by atoms with E-state index >= 15 is 0 Å². The number of benzene rings is 2. The molecule has 3 N–H and O–H groups in total. The molecule has 1 heterocycles. The lowest BCUT2D eigenvalue weighted by molar-refractivity contribution is -0.158. The Hall–Kier alpha value is -3.22. The largest absolute Gasteiger partial charge is 0.417 e. The van der Waals surface area contributed by atoms with Gasteiger partial charge in [-0.1, -0.05) is 36.8 Å². The number of aromatic amines is 1. The van der Waals surface area contributed by atoms with Crippen molar-refractivity contribution < 1.29 is 35.3 Å². The zero-order chi connectivity index (χ0) is 26.1. The van der Waals surface area contributed by atoms with E-state index in [0.29, 0.717) is 25.3 Å². The predicted octanol–water partition coefficient (Wildman–Crippen LogP) is 3.64. The van der Waals surface area contributed by atoms with Crippen LogP contribution >= 0.6 is 0 Å². The number of carbonyl (C=O) groups is 1. The van der Waals surface area contributed by atoms with Crippen LogP contribution in [0.15, 0.2) is 64.3 Å². The molecule has 1 aliphatic rings. The van der Waals surface area contributed by atoms with Gasteiger partial charge in [-0.15, -0.1) is 0 Å². The fourth-order valence-corrected chi connectivity index (χ4v) is 5.64. The van der Waals surface area contributed by atoms with Crippen LogP contribution in [0.2, 0.25) is 0 Å². The lowest BCUT2D eigenvalue weighted by Gasteiger charge is -2.40. The molecule has 2 atom stereocenters. The SMILES string of the molecule is NC(=O)C1(OS(=O)(=O)c2ccc3[nH]c(=O)cc(C(F)(F)F)c3c2)CCCCC1OCc1ccccc1. The molecule has 1 aliphatic carbocycles. The molecule has 12 heteroatoms. The van der Waals surface area contributed by atoms with Crippen LogP contribution in [-0.2, 0) is 36.6 Å². The van der Waals surface area contributed by atoms with Gasteiger partial charge >= 0.3 is 6.18 Å². The van der Waals surface area contributed by atoms with E-state index in [2.05, 4.69) is 4.98 Å². The first-order chi connectivity index (χ1) is 16.9. The molecule has 1 amide bonds. The topological polar surface area (TPSA) is 129 Å². The van der Waals surface area contributed by atoms with Gasteiger partial charge in [0.05, 0.1) is 23.2 Å². The third kappa shape index (κ3) is 5.15. The van der Waals surface area contributed by atoms with E-state index in [1.54, 1.807) is 24.3 Å². The second-order valence-corrected chi connectivity index (χ2v) is 10.1. The summed E-state index contributed by atoms with van der Waals surface area (Å²) in [6, 6.07) is 12.1. The molecular weight excluding hydrogens is 501 g/mol. The number of ether oxygens (including phenoxy) is 1. The molecule has 36 heavy (non-hydrogen) atoms. The number of carbonyl (C=O) groups excluding carboxylic acids is 1. The van der Waals surface area contributed by atoms with Crippen molar-refractivity contribution in [1.82, 2.24) is 4.98 Å². The minimum atomic E-state index is -4.91. The molecule has 8 nitrogen and oxygen atoms in total. The lowest BCUT2D eigenvalue weighted by atomic mass is 9.81. The van der Waals surface area contributed by atoms with E-state index in [-0.39, 0.29) is 18.5 Å². The number of rotatable bonds is 7. The highest BCUT2D eigenvalue weighted by Gasteiger charge is 2.51. The van der Waals surface area contributed by atoms with Crippen LogP contribution in [0.5, 0.6) is 0 Å². The van der Waals surface area contributed by atoms with Crippen LogP contribution < -0.4 is 11.3 Å². The summed E-state index contributed by atoms with van der Waals surface area (Å²) in [6.45, 7) is 0.0717. The number of primary amides is 1. The minimum Gasteiger partial charge on any atom is -0.370 e. The van der Waals surface area contributed by atoms with Crippen molar-refractivity contribution in [2.75, 3.05) is 0 Å². The van der Waals surface area contributed by atoms with Gasteiger partial charge in [0, 0.05) is 17.0 Å². The van der Waals surface area contributed by atoms with Crippen molar-refractivity contribution >= 4 is 26.9 Å². The van der Waals surface area contributed by atoms with E-state index in [1.807, 2.05) is 6.07 Å². The number of H-pyrrole nitrogens is 1. The summed E-state index contributed by atoms with van der Waals surface area (Å²) in [5, 5.41) is -0.541. The van der Waals surface area contributed by atoms with Gasteiger partial charge in [-0.3, -0.25) is 9.59 Å². The summed E-state index contributed by atoms with van der Waals surface area (Å²) in [5.74, 6) is -1.05. The quantitative estimate of drug-likeness (QED) is 0.454. The van der Waals surface area contributed by atoms with Crippen molar-refractivity contribution in [2.24, 2.45) is 5.73 Å². The highest BCUT2D eigenvalue weighted by Crippen LogP contribution is 2.39. The smallest absolute Gasteiger partial charge is 0.370 e. The van der Waals surface area contributed by atoms with Gasteiger partial charge in [-0.05, 0) is 43.0 Å². The second kappa shape index (κ2) is 9.68. The molecular formula is C24H23F3N2O6S. The Morgan fingerprint density at radius 3 is 2.50 bits per heavy atom. The third-order valence-corrected chi connectivity index (χ3v) is 7.51. The third-order valence-electron chi connectivity index (χ3n) is 6.16. The Bertz CT molecular complexity index is 1440. The number of hydrogen-bond acceptors (Lipinski definition) is 6. The number of pyridine rings is 1. The van der Waals surface area contributed by atoms with Crippen molar-refractivity contribution in [1.29, 1.82) is 0 Å². The monoisotopic (exact) mass is 524 g/mol. The molecule has 2 aromatic carbocycles. The maximum atomic E-state index is 13.5. The molecule has 0 aliphatic heterocycles. The van der Waals surface area contributed by atoms with Crippen LogP contribution in [0, 0.1) is 0 Å². The maximum Gasteiger partial charge on any atom is 0.417 e. The second-order valence-electron chi connectivity index (χ2n) is 8.57. The molecule has 1 fully saturated rings. The van der Waals surface area contributed by atoms with Gasteiger partial charge in [-0.25, -0.2) is 4.18 Å². The van der Waals surface area contributed by atoms with Gasteiger partial charge in [0.15, 0.2) is 5.60 Å². The number of alkyl halides is 3. The number of aromatic nitrogens is 1. The number of amides is 1. The molecule has 0 saturated heterocycles. The number of nitrogens with one attached hydrogen (secondary N) is 1. The predicted molar refractivity (Wildman–Crippen MR) is 123 cm³/mol. The van der Waals surface area contributed by atoms with Crippen LogP contribution in [0.3, 0.4) is 0 Å². The Labute approximate surface area is 204 Å². The molecule has 0 bridgehead atoms. The molecule has 0 spiro atoms. The van der Waals surface area contributed by atoms with Gasteiger partial charge in [-0.2, -0.15) is 21.6 Å². The zero-order valence-corrected chi connectivity index (χ0v) is 19.7. The van der Waals surface area contributed by atoms with Crippen LogP contribution in [-0.4, -0.2) is 31.0 Å². The van der Waals surface area contributed by atoms with E-state index < -0.39 is 55.3 Å². The summed E-state index contributed by atoms with van der Waals surface area (Å²) in [7, 11) is -4.78. The van der Waals surface area contributed by atoms with Gasteiger partial charge in [0.1, 0.15) is 0 Å². The van der Waals surface area contributed by atoms with Gasteiger partial charge < -0.3 is 15.5 Å². The Morgan fingerprint density at radius 2 is 1.83 bits per heavy atom. The molecule has 3 aromatic rings. The zero-order valence-electron chi connectivity index (χ0n) is 18.9. The van der Waals surface area contributed by atoms with E-state index in [1.165, 1.54) is 0 Å². The minimum absolute atomic E-state index is 0.0459. The normalized spacial score (nSPS) is 20.9. The Balaban J connectivity index is 1.71. The fourth-order valence-electron chi connectivity index (χ4n) is 4.39. The maximum absolute atomic E-state index is 13.5. The van der Waals surface area contributed by atoms with Crippen molar-refractivity contribution in [2.45, 2.75) is 55.1 Å². The number of fused-ring (bicyclic) bond motifs is 1. The number of nitrogens with two attached hydrogens (primary N) is 1. The van der Waals surface area contributed by atoms with Crippen LogP contribution in [0.1, 0.15) is 36.8 Å². The van der Waals surface area contributed by atoms with Crippen molar-refractivity contribution in [3.8, 4) is 0 Å². The number of halogens is 3. The summed E-state index contributed by atoms with van der Waals surface area (Å²) < 4.78 is 78.4. The Morgan fingerprint density at radius 1 is 1.11 bits per heavy atom. The number of hydrogen-bond donors (Lipinski definition) is 2. The lowest BCUT2D eigenvalue weighted by Crippen LogP contribution is -2.58. The van der Waals surface area contributed by atoms with Gasteiger partial charge in [0.2, 0.25) is 5.56 Å². The average molecular weight is 525 g/mol. The first-order valence-corrected chi connectivity index (χ1v) is 12.5. The highest BCUT2D eigenvalue weighted by atomic mass is 32.2. The molecule has 4 rings (SSSR count). The summed E-state index contributed by atoms with van der Waals surface area (Å²) in [5.41, 5.74) is 1.88.